The number of nitrogens with zero attached hydrogens (tertiary/aromatic N) is 3. The molecule has 43 heavy (non-hydrogen) atoms. The number of hydrogen-bond acceptors (Lipinski definition) is 5. The van der Waals surface area contributed by atoms with Gasteiger partial charge in [0, 0.05) is 40.9 Å². The number of amides is 2. The van der Waals surface area contributed by atoms with E-state index in [1.807, 2.05) is 17.1 Å². The minimum absolute atomic E-state index is 0.0645. The first-order valence-electron chi connectivity index (χ1n) is 13.0. The first-order valence-corrected chi connectivity index (χ1v) is 13.8. The van der Waals surface area contributed by atoms with Gasteiger partial charge in [0.25, 0.3) is 5.91 Å². The summed E-state index contributed by atoms with van der Waals surface area (Å²) in [6.07, 6.45) is -1.56. The molecule has 2 heterocycles. The Hall–Kier alpha value is -4.19. The second kappa shape index (κ2) is 11.8. The van der Waals surface area contributed by atoms with Crippen molar-refractivity contribution in [3.05, 3.63) is 111 Å². The molecular weight excluding hydrogens is 608 g/mol. The molecule has 0 radical (unpaired) electrons. The first kappa shape index (κ1) is 30.3. The molecule has 13 heteroatoms. The second-order valence-electron chi connectivity index (χ2n) is 10.00. The zero-order valence-corrected chi connectivity index (χ0v) is 23.9. The second-order valence-corrected chi connectivity index (χ2v) is 10.8. The fourth-order valence-electron chi connectivity index (χ4n) is 4.99. The Labute approximate surface area is 254 Å². The maximum Gasteiger partial charge on any atom is 0.497 e. The van der Waals surface area contributed by atoms with Gasteiger partial charge in [-0.15, -0.1) is 0 Å². The summed E-state index contributed by atoms with van der Waals surface area (Å²) in [6.45, 7) is -0.319. The van der Waals surface area contributed by atoms with Gasteiger partial charge in [-0.1, -0.05) is 65.7 Å². The SMILES string of the molecule is N=C(c1ccc(C[N+]2(OC(=O)C(F)(F)F)C(=O)CN(C(=O)c3ccc(Cl)cc3)Cc3c(Cl)cccc32)cc1)N1CC=CC1. The molecule has 0 saturated heterocycles. The van der Waals surface area contributed by atoms with Gasteiger partial charge in [0.2, 0.25) is 0 Å². The van der Waals surface area contributed by atoms with Crippen molar-refractivity contribution in [3.63, 3.8) is 0 Å². The van der Waals surface area contributed by atoms with E-state index in [0.717, 1.165) is 4.90 Å². The van der Waals surface area contributed by atoms with Crippen molar-refractivity contribution in [1.29, 1.82) is 5.41 Å². The van der Waals surface area contributed by atoms with Crippen LogP contribution in [0.1, 0.15) is 27.0 Å². The lowest BCUT2D eigenvalue weighted by Gasteiger charge is -2.32. The zero-order chi connectivity index (χ0) is 30.9. The summed E-state index contributed by atoms with van der Waals surface area (Å²) >= 11 is 12.4. The number of quaternary nitrogens is 1. The number of rotatable bonds is 5. The van der Waals surface area contributed by atoms with Gasteiger partial charge in [0.15, 0.2) is 12.2 Å². The van der Waals surface area contributed by atoms with Crippen LogP contribution in [0.2, 0.25) is 10.0 Å². The number of carbonyl (C=O) groups is 3. The average molecular weight is 632 g/mol. The topological polar surface area (TPSA) is 90.8 Å². The van der Waals surface area contributed by atoms with Crippen molar-refractivity contribution in [2.24, 2.45) is 0 Å². The maximum atomic E-state index is 14.0. The smallest absolute Gasteiger partial charge is 0.349 e. The van der Waals surface area contributed by atoms with E-state index in [2.05, 4.69) is 0 Å². The van der Waals surface area contributed by atoms with Gasteiger partial charge in [0.1, 0.15) is 12.4 Å². The predicted octanol–water partition coefficient (Wildman–Crippen LogP) is 5.90. The molecule has 2 aliphatic rings. The molecular formula is C30H24Cl2F3N4O4+. The Bertz CT molecular complexity index is 1620. The summed E-state index contributed by atoms with van der Waals surface area (Å²) in [5.41, 5.74) is 1.11. The molecule has 0 saturated carbocycles. The molecule has 1 unspecified atom stereocenters. The number of hydroxylamine groups is 2. The van der Waals surface area contributed by atoms with Crippen LogP contribution in [0.15, 0.2) is 78.9 Å². The molecule has 0 spiro atoms. The predicted molar refractivity (Wildman–Crippen MR) is 154 cm³/mol. The lowest BCUT2D eigenvalue weighted by molar-refractivity contribution is -0.235. The molecule has 0 fully saturated rings. The lowest BCUT2D eigenvalue weighted by atomic mass is 10.1. The number of nitrogens with one attached hydrogen (secondary N) is 1. The number of fused-ring (bicyclic) bond motifs is 1. The van der Waals surface area contributed by atoms with Gasteiger partial charge < -0.3 is 9.80 Å². The quantitative estimate of drug-likeness (QED) is 0.164. The third-order valence-electron chi connectivity index (χ3n) is 7.18. The molecule has 3 aromatic rings. The minimum Gasteiger partial charge on any atom is -0.349 e. The molecule has 2 amide bonds. The van der Waals surface area contributed by atoms with E-state index in [9.17, 15) is 27.6 Å². The van der Waals surface area contributed by atoms with E-state index in [1.54, 1.807) is 24.3 Å². The van der Waals surface area contributed by atoms with Crippen LogP contribution in [0.4, 0.5) is 18.9 Å². The summed E-state index contributed by atoms with van der Waals surface area (Å²) < 4.78 is 39.3. The number of hydrogen-bond donors (Lipinski definition) is 1. The highest BCUT2D eigenvalue weighted by Crippen LogP contribution is 2.40. The summed E-state index contributed by atoms with van der Waals surface area (Å²) in [7, 11) is 0. The molecule has 2 aliphatic heterocycles. The minimum atomic E-state index is -5.42. The molecule has 1 N–H and O–H groups in total. The summed E-state index contributed by atoms with van der Waals surface area (Å²) in [5.74, 6) is -3.93. The van der Waals surface area contributed by atoms with Gasteiger partial charge in [-0.25, -0.2) is 9.59 Å². The van der Waals surface area contributed by atoms with Crippen molar-refractivity contribution in [2.75, 3.05) is 19.6 Å². The zero-order valence-electron chi connectivity index (χ0n) is 22.4. The van der Waals surface area contributed by atoms with Crippen molar-refractivity contribution >= 4 is 52.5 Å². The van der Waals surface area contributed by atoms with Crippen LogP contribution in [0, 0.1) is 5.41 Å². The van der Waals surface area contributed by atoms with Gasteiger partial charge in [0.05, 0.1) is 17.1 Å². The Morgan fingerprint density at radius 2 is 1.51 bits per heavy atom. The first-order chi connectivity index (χ1) is 20.4. The van der Waals surface area contributed by atoms with Gasteiger partial charge in [-0.05, 0) is 35.0 Å². The summed E-state index contributed by atoms with van der Waals surface area (Å²) in [5, 5.41) is 8.89. The molecule has 0 bridgehead atoms. The maximum absolute atomic E-state index is 14.0. The highest BCUT2D eigenvalue weighted by Gasteiger charge is 2.55. The number of benzene rings is 3. The lowest BCUT2D eigenvalue weighted by Crippen LogP contribution is -2.58. The van der Waals surface area contributed by atoms with E-state index in [4.69, 9.17) is 33.4 Å². The highest BCUT2D eigenvalue weighted by atomic mass is 35.5. The third-order valence-corrected chi connectivity index (χ3v) is 7.78. The number of carbonyl (C=O) groups excluding carboxylic acids is 3. The average Bonchev–Trinajstić information content (AvgIpc) is 3.48. The van der Waals surface area contributed by atoms with Crippen molar-refractivity contribution in [2.45, 2.75) is 19.3 Å². The van der Waals surface area contributed by atoms with E-state index >= 15 is 0 Å². The molecule has 3 aromatic carbocycles. The van der Waals surface area contributed by atoms with E-state index in [-0.39, 0.29) is 34.2 Å². The fraction of sp³-hybridized carbons (Fsp3) is 0.200. The van der Waals surface area contributed by atoms with E-state index in [0.29, 0.717) is 29.2 Å². The normalized spacial score (nSPS) is 18.3. The van der Waals surface area contributed by atoms with Crippen molar-refractivity contribution in [1.82, 2.24) is 14.4 Å². The van der Waals surface area contributed by atoms with Crippen LogP contribution in [0.3, 0.4) is 0 Å². The molecule has 5 rings (SSSR count). The number of alkyl halides is 3. The monoisotopic (exact) mass is 631 g/mol. The van der Waals surface area contributed by atoms with Crippen molar-refractivity contribution in [3.8, 4) is 0 Å². The summed E-state index contributed by atoms with van der Waals surface area (Å²) in [4.78, 5) is 47.9. The van der Waals surface area contributed by atoms with Crippen LogP contribution >= 0.6 is 23.2 Å². The van der Waals surface area contributed by atoms with Gasteiger partial charge in [-0.2, -0.15) is 13.2 Å². The van der Waals surface area contributed by atoms with Gasteiger partial charge >= 0.3 is 18.1 Å². The Balaban J connectivity index is 1.57. The Morgan fingerprint density at radius 1 is 0.884 bits per heavy atom. The third kappa shape index (κ3) is 6.15. The van der Waals surface area contributed by atoms with Gasteiger partial charge in [-0.3, -0.25) is 15.0 Å². The Kier molecular flexibility index (Phi) is 8.33. The van der Waals surface area contributed by atoms with Crippen LogP contribution in [-0.2, 0) is 27.5 Å². The van der Waals surface area contributed by atoms with Crippen LogP contribution in [0.25, 0.3) is 0 Å². The molecule has 222 valence electrons. The number of halogens is 5. The van der Waals surface area contributed by atoms with Crippen molar-refractivity contribution < 1.29 is 32.4 Å². The molecule has 1 atom stereocenters. The fourth-order valence-corrected chi connectivity index (χ4v) is 5.34. The summed E-state index contributed by atoms with van der Waals surface area (Å²) in [6, 6.07) is 16.4. The number of amidine groups is 1. The highest BCUT2D eigenvalue weighted by molar-refractivity contribution is 6.32. The molecule has 8 nitrogen and oxygen atoms in total. The van der Waals surface area contributed by atoms with Crippen LogP contribution in [0.5, 0.6) is 0 Å². The van der Waals surface area contributed by atoms with E-state index < -0.39 is 41.7 Å². The Morgan fingerprint density at radius 3 is 2.14 bits per heavy atom. The largest absolute Gasteiger partial charge is 0.497 e. The van der Waals surface area contributed by atoms with E-state index in [1.165, 1.54) is 42.5 Å². The standard InChI is InChI=1S/C30H24Cl2F3N4O4/c31-22-12-10-21(11-13-22)28(41)38-16-23-24(32)4-3-5-25(23)39(26(40)17-38,43-29(42)30(33,34)35)18-19-6-8-20(9-7-19)27(36)37-14-1-2-15-37/h1-13,36H,14-18H2/q+1. The molecule has 0 aliphatic carbocycles. The van der Waals surface area contributed by atoms with Crippen LogP contribution < -0.4 is 4.65 Å². The van der Waals surface area contributed by atoms with Crippen LogP contribution in [-0.4, -0.2) is 59.2 Å². The molecule has 0 aromatic heterocycles.